The molecule has 1 N–H and O–H groups in total. The standard InChI is InChI=1S/C23H28N2O3.C22H26N2O3/c1-15-9-10-24-21(23(27-3)13-28-14-23)19(15)20-16(2)22(26)25-12-18(20)11-17-7-5-4-6-8-17;1-16-8-10-23-21(22(26-2)14-27-15-22)20(16)18-9-11-24(19(25)12-18)13-17-6-4-3-5-7-17/h4-10,16,18,20H,11-14H2,1-3H3,(H,25,26);3-8,10,18H,9,11-15H2,1-2H3. The van der Waals surface area contributed by atoms with Crippen molar-refractivity contribution in [3.63, 3.8) is 0 Å². The molecule has 4 aromatic rings. The average Bonchev–Trinajstić information content (AvgIpc) is 3.16. The predicted molar refractivity (Wildman–Crippen MR) is 209 cm³/mol. The maximum Gasteiger partial charge on any atom is 0.223 e. The molecule has 4 unspecified atom stereocenters. The molecule has 290 valence electrons. The number of piperidine rings is 2. The molecule has 4 aliphatic rings. The number of pyridine rings is 2. The Balaban J connectivity index is 0.000000169. The fourth-order valence-corrected chi connectivity index (χ4v) is 8.87. The van der Waals surface area contributed by atoms with E-state index in [0.717, 1.165) is 41.9 Å². The zero-order chi connectivity index (χ0) is 38.6. The molecule has 4 atom stereocenters. The quantitative estimate of drug-likeness (QED) is 0.206. The minimum atomic E-state index is -0.508. The topological polar surface area (TPSA) is 112 Å². The first-order chi connectivity index (χ1) is 26.7. The molecule has 0 aliphatic carbocycles. The molecular formula is C45H54N4O6. The maximum atomic E-state index is 12.9. The molecule has 0 saturated carbocycles. The lowest BCUT2D eigenvalue weighted by Gasteiger charge is -2.44. The van der Waals surface area contributed by atoms with Crippen LogP contribution < -0.4 is 5.32 Å². The molecule has 0 radical (unpaired) electrons. The number of ether oxygens (including phenoxy) is 4. The predicted octanol–water partition coefficient (Wildman–Crippen LogP) is 6.14. The van der Waals surface area contributed by atoms with Crippen molar-refractivity contribution in [2.24, 2.45) is 11.8 Å². The van der Waals surface area contributed by atoms with Crippen molar-refractivity contribution in [2.75, 3.05) is 53.7 Å². The number of amides is 2. The van der Waals surface area contributed by atoms with Crippen molar-refractivity contribution in [1.29, 1.82) is 0 Å². The monoisotopic (exact) mass is 746 g/mol. The number of nitrogens with zero attached hydrogens (tertiary/aromatic N) is 3. The number of aryl methyl sites for hydroxylation is 2. The minimum Gasteiger partial charge on any atom is -0.374 e. The highest BCUT2D eigenvalue weighted by molar-refractivity contribution is 5.80. The van der Waals surface area contributed by atoms with E-state index in [4.69, 9.17) is 23.9 Å². The van der Waals surface area contributed by atoms with Gasteiger partial charge < -0.3 is 29.2 Å². The van der Waals surface area contributed by atoms with Crippen molar-refractivity contribution in [3.8, 4) is 0 Å². The molecule has 6 heterocycles. The third kappa shape index (κ3) is 7.83. The van der Waals surface area contributed by atoms with Gasteiger partial charge in [0.2, 0.25) is 11.8 Å². The van der Waals surface area contributed by atoms with Gasteiger partial charge in [0.05, 0.1) is 37.8 Å². The van der Waals surface area contributed by atoms with E-state index in [0.29, 0.717) is 51.9 Å². The van der Waals surface area contributed by atoms with E-state index < -0.39 is 11.2 Å². The van der Waals surface area contributed by atoms with Crippen LogP contribution in [0.15, 0.2) is 85.2 Å². The van der Waals surface area contributed by atoms with Crippen LogP contribution in [-0.2, 0) is 52.7 Å². The Morgan fingerprint density at radius 3 is 1.85 bits per heavy atom. The Labute approximate surface area is 325 Å². The van der Waals surface area contributed by atoms with Gasteiger partial charge in [0.25, 0.3) is 0 Å². The second-order valence-corrected chi connectivity index (χ2v) is 15.7. The summed E-state index contributed by atoms with van der Waals surface area (Å²) in [5.41, 5.74) is 8.06. The van der Waals surface area contributed by atoms with Gasteiger partial charge in [-0.1, -0.05) is 67.6 Å². The van der Waals surface area contributed by atoms with E-state index in [9.17, 15) is 9.59 Å². The van der Waals surface area contributed by atoms with Crippen LogP contribution in [-0.4, -0.2) is 80.4 Å². The summed E-state index contributed by atoms with van der Waals surface area (Å²) < 4.78 is 22.6. The van der Waals surface area contributed by atoms with Gasteiger partial charge in [-0.25, -0.2) is 0 Å². The number of aromatic nitrogens is 2. The van der Waals surface area contributed by atoms with Crippen LogP contribution in [0.3, 0.4) is 0 Å². The molecular weight excluding hydrogens is 693 g/mol. The first kappa shape index (κ1) is 38.8. The highest BCUT2D eigenvalue weighted by atomic mass is 16.6. The molecule has 55 heavy (non-hydrogen) atoms. The Hall–Kier alpha value is -4.48. The maximum absolute atomic E-state index is 12.9. The van der Waals surface area contributed by atoms with E-state index in [2.05, 4.69) is 60.5 Å². The smallest absolute Gasteiger partial charge is 0.223 e. The zero-order valence-corrected chi connectivity index (χ0v) is 32.8. The molecule has 4 fully saturated rings. The zero-order valence-electron chi connectivity index (χ0n) is 32.8. The van der Waals surface area contributed by atoms with Crippen LogP contribution in [0.2, 0.25) is 0 Å². The number of methoxy groups -OCH3 is 2. The molecule has 10 heteroatoms. The summed E-state index contributed by atoms with van der Waals surface area (Å²) >= 11 is 0. The summed E-state index contributed by atoms with van der Waals surface area (Å²) in [5.74, 6) is 0.761. The summed E-state index contributed by atoms with van der Waals surface area (Å²) in [5, 5.41) is 3.11. The van der Waals surface area contributed by atoms with E-state index >= 15 is 0 Å². The highest BCUT2D eigenvalue weighted by Gasteiger charge is 2.48. The van der Waals surface area contributed by atoms with Crippen LogP contribution >= 0.6 is 0 Å². The van der Waals surface area contributed by atoms with Crippen LogP contribution in [0.25, 0.3) is 0 Å². The molecule has 8 rings (SSSR count). The number of carbonyl (C=O) groups excluding carboxylic acids is 2. The number of benzene rings is 2. The minimum absolute atomic E-state index is 0.0882. The molecule has 0 spiro atoms. The normalized spacial score (nSPS) is 24.1. The van der Waals surface area contributed by atoms with Crippen LogP contribution in [0.5, 0.6) is 0 Å². The Morgan fingerprint density at radius 1 is 0.782 bits per heavy atom. The molecule has 2 aromatic heterocycles. The summed E-state index contributed by atoms with van der Waals surface area (Å²) in [7, 11) is 3.43. The number of nitrogens with one attached hydrogen (secondary N) is 1. The first-order valence-corrected chi connectivity index (χ1v) is 19.5. The summed E-state index contributed by atoms with van der Waals surface area (Å²) in [6, 6.07) is 24.7. The Morgan fingerprint density at radius 2 is 1.33 bits per heavy atom. The van der Waals surface area contributed by atoms with E-state index in [1.807, 2.05) is 60.6 Å². The average molecular weight is 747 g/mol. The van der Waals surface area contributed by atoms with E-state index in [1.54, 1.807) is 14.2 Å². The van der Waals surface area contributed by atoms with Crippen molar-refractivity contribution in [3.05, 3.63) is 130 Å². The lowest BCUT2D eigenvalue weighted by atomic mass is 9.69. The fourth-order valence-electron chi connectivity index (χ4n) is 8.87. The summed E-state index contributed by atoms with van der Waals surface area (Å²) in [4.78, 5) is 36.8. The summed E-state index contributed by atoms with van der Waals surface area (Å²) in [6.07, 6.45) is 6.05. The van der Waals surface area contributed by atoms with Crippen molar-refractivity contribution in [1.82, 2.24) is 20.2 Å². The Bertz CT molecular complexity index is 1940. The number of carbonyl (C=O) groups is 2. The van der Waals surface area contributed by atoms with Gasteiger partial charge in [0.15, 0.2) is 11.2 Å². The molecule has 0 bridgehead atoms. The van der Waals surface area contributed by atoms with Gasteiger partial charge in [0.1, 0.15) is 0 Å². The van der Waals surface area contributed by atoms with Crippen LogP contribution in [0.4, 0.5) is 0 Å². The van der Waals surface area contributed by atoms with Gasteiger partial charge in [-0.3, -0.25) is 19.6 Å². The Kier molecular flexibility index (Phi) is 11.8. The molecule has 2 aromatic carbocycles. The van der Waals surface area contributed by atoms with E-state index in [1.165, 1.54) is 22.3 Å². The van der Waals surface area contributed by atoms with Gasteiger partial charge in [-0.05, 0) is 84.0 Å². The molecule has 4 aliphatic heterocycles. The molecule has 4 saturated heterocycles. The van der Waals surface area contributed by atoms with Gasteiger partial charge in [-0.2, -0.15) is 0 Å². The van der Waals surface area contributed by atoms with Crippen molar-refractivity contribution < 1.29 is 28.5 Å². The lowest BCUT2D eigenvalue weighted by Crippen LogP contribution is -2.51. The van der Waals surface area contributed by atoms with Crippen molar-refractivity contribution >= 4 is 11.8 Å². The number of likely N-dealkylation sites (tertiary alicyclic amines) is 1. The SMILES string of the molecule is COC1(c2nccc(C)c2C2C(Cc3ccccc3)CNC(=O)C2C)COC1.COC1(c2nccc(C)c2C2CCN(Cc3ccccc3)C(=O)C2)COC1. The summed E-state index contributed by atoms with van der Waals surface area (Å²) in [6.45, 7) is 10.4. The van der Waals surface area contributed by atoms with Crippen LogP contribution in [0, 0.1) is 25.7 Å². The highest BCUT2D eigenvalue weighted by Crippen LogP contribution is 2.45. The molecule has 2 amide bonds. The van der Waals surface area contributed by atoms with E-state index in [-0.39, 0.29) is 29.6 Å². The second-order valence-electron chi connectivity index (χ2n) is 15.7. The first-order valence-electron chi connectivity index (χ1n) is 19.5. The van der Waals surface area contributed by atoms with Crippen LogP contribution in [0.1, 0.15) is 76.4 Å². The third-order valence-corrected chi connectivity index (χ3v) is 12.2. The van der Waals surface area contributed by atoms with Gasteiger partial charge in [-0.15, -0.1) is 0 Å². The number of hydrogen-bond acceptors (Lipinski definition) is 8. The van der Waals surface area contributed by atoms with Crippen molar-refractivity contribution in [2.45, 2.75) is 69.6 Å². The van der Waals surface area contributed by atoms with Gasteiger partial charge >= 0.3 is 0 Å². The number of rotatable bonds is 10. The second kappa shape index (κ2) is 16.7. The largest absolute Gasteiger partial charge is 0.374 e. The lowest BCUT2D eigenvalue weighted by molar-refractivity contribution is -0.205. The van der Waals surface area contributed by atoms with Gasteiger partial charge in [0, 0.05) is 64.5 Å². The fraction of sp³-hybridized carbons (Fsp3) is 0.467. The number of hydrogen-bond donors (Lipinski definition) is 1. The molecule has 10 nitrogen and oxygen atoms in total. The third-order valence-electron chi connectivity index (χ3n) is 12.2.